The van der Waals surface area contributed by atoms with Crippen LogP contribution >= 0.6 is 0 Å². The first-order valence-electron chi connectivity index (χ1n) is 15.3. The third-order valence-corrected chi connectivity index (χ3v) is 8.91. The number of carbonyl (C=O) groups is 2. The molecule has 7 heteroatoms. The summed E-state index contributed by atoms with van der Waals surface area (Å²) in [5.74, 6) is 1.87. The lowest BCUT2D eigenvalue weighted by molar-refractivity contribution is -0.122. The van der Waals surface area contributed by atoms with E-state index in [0.29, 0.717) is 51.3 Å². The fourth-order valence-corrected chi connectivity index (χ4v) is 6.36. The lowest BCUT2D eigenvalue weighted by atomic mass is 9.74. The Hall–Kier alpha value is -3.06. The summed E-state index contributed by atoms with van der Waals surface area (Å²) < 4.78 is 12.0. The molecule has 216 valence electrons. The van der Waals surface area contributed by atoms with Crippen LogP contribution in [-0.4, -0.2) is 74.1 Å². The van der Waals surface area contributed by atoms with Crippen molar-refractivity contribution in [3.05, 3.63) is 59.7 Å². The van der Waals surface area contributed by atoms with Gasteiger partial charge in [0.05, 0.1) is 6.61 Å². The zero-order chi connectivity index (χ0) is 27.6. The Morgan fingerprint density at radius 1 is 0.900 bits per heavy atom. The number of piperidine rings is 1. The van der Waals surface area contributed by atoms with Crippen LogP contribution in [0, 0.1) is 5.41 Å². The predicted octanol–water partition coefficient (Wildman–Crippen LogP) is 5.09. The standard InChI is InChI=1S/C33H45N3O4/c37-31-14-8-23-40-30-13-2-1-9-27(30)10-3-4-15-33(26-34-31)16-20-36(21-17-33)32(38)28-11-7-12-29(25-28)39-24-22-35-18-5-6-19-35/h1-2,7,9,11-13,25H,3-6,8,10,14-24,26H2,(H,34,37). The number of aryl methyl sites for hydroxylation is 1. The molecule has 2 saturated heterocycles. The van der Waals surface area contributed by atoms with Gasteiger partial charge in [0.25, 0.3) is 5.91 Å². The molecule has 0 saturated carbocycles. The second-order valence-corrected chi connectivity index (χ2v) is 11.8. The van der Waals surface area contributed by atoms with E-state index < -0.39 is 0 Å². The molecule has 3 aliphatic rings. The van der Waals surface area contributed by atoms with Gasteiger partial charge in [-0.15, -0.1) is 0 Å². The molecule has 7 nitrogen and oxygen atoms in total. The van der Waals surface area contributed by atoms with Crippen molar-refractivity contribution in [1.82, 2.24) is 15.1 Å². The molecule has 3 aliphatic heterocycles. The average molecular weight is 548 g/mol. The third kappa shape index (κ3) is 7.78. The van der Waals surface area contributed by atoms with Gasteiger partial charge in [-0.05, 0) is 99.7 Å². The average Bonchev–Trinajstić information content (AvgIpc) is 3.51. The molecule has 40 heavy (non-hydrogen) atoms. The van der Waals surface area contributed by atoms with Crippen molar-refractivity contribution in [2.45, 2.75) is 64.2 Å². The van der Waals surface area contributed by atoms with Gasteiger partial charge in [-0.25, -0.2) is 0 Å². The van der Waals surface area contributed by atoms with Crippen molar-refractivity contribution in [2.24, 2.45) is 5.41 Å². The van der Waals surface area contributed by atoms with Gasteiger partial charge in [0.15, 0.2) is 0 Å². The van der Waals surface area contributed by atoms with E-state index in [-0.39, 0.29) is 17.2 Å². The molecule has 0 unspecified atom stereocenters. The Labute approximate surface area is 239 Å². The first-order valence-corrected chi connectivity index (χ1v) is 15.3. The van der Waals surface area contributed by atoms with Gasteiger partial charge >= 0.3 is 0 Å². The summed E-state index contributed by atoms with van der Waals surface area (Å²) >= 11 is 0. The van der Waals surface area contributed by atoms with Crippen molar-refractivity contribution in [3.63, 3.8) is 0 Å². The molecule has 1 spiro atoms. The summed E-state index contributed by atoms with van der Waals surface area (Å²) in [5, 5.41) is 3.22. The normalized spacial score (nSPS) is 20.7. The number of ether oxygens (including phenoxy) is 2. The van der Waals surface area contributed by atoms with Gasteiger partial charge in [-0.1, -0.05) is 30.7 Å². The van der Waals surface area contributed by atoms with Crippen LogP contribution in [0.15, 0.2) is 48.5 Å². The van der Waals surface area contributed by atoms with E-state index in [2.05, 4.69) is 22.3 Å². The van der Waals surface area contributed by atoms with Crippen molar-refractivity contribution in [3.8, 4) is 11.5 Å². The molecular formula is C33H45N3O4. The number of carbonyl (C=O) groups excluding carboxylic acids is 2. The molecule has 2 fully saturated rings. The minimum atomic E-state index is 0.0348. The number of nitrogens with zero attached hydrogens (tertiary/aromatic N) is 2. The minimum Gasteiger partial charge on any atom is -0.493 e. The Bertz CT molecular complexity index is 1120. The number of para-hydroxylation sites is 1. The maximum absolute atomic E-state index is 13.4. The predicted molar refractivity (Wildman–Crippen MR) is 157 cm³/mol. The van der Waals surface area contributed by atoms with Crippen LogP contribution in [0.5, 0.6) is 11.5 Å². The maximum Gasteiger partial charge on any atom is 0.253 e. The topological polar surface area (TPSA) is 71.1 Å². The summed E-state index contributed by atoms with van der Waals surface area (Å²) in [6, 6.07) is 15.9. The van der Waals surface area contributed by atoms with Crippen molar-refractivity contribution >= 4 is 11.8 Å². The minimum absolute atomic E-state index is 0.0348. The second-order valence-electron chi connectivity index (χ2n) is 11.8. The van der Waals surface area contributed by atoms with Crippen LogP contribution in [0.25, 0.3) is 0 Å². The smallest absolute Gasteiger partial charge is 0.253 e. The van der Waals surface area contributed by atoms with Gasteiger partial charge in [0.1, 0.15) is 18.1 Å². The van der Waals surface area contributed by atoms with E-state index in [1.807, 2.05) is 41.3 Å². The number of hydrogen-bond acceptors (Lipinski definition) is 5. The summed E-state index contributed by atoms with van der Waals surface area (Å²) in [5.41, 5.74) is 1.98. The molecule has 3 heterocycles. The highest BCUT2D eigenvalue weighted by atomic mass is 16.5. The van der Waals surface area contributed by atoms with Crippen LogP contribution in [0.2, 0.25) is 0 Å². The highest BCUT2D eigenvalue weighted by Gasteiger charge is 2.36. The van der Waals surface area contributed by atoms with E-state index in [1.165, 1.54) is 18.4 Å². The molecule has 2 amide bonds. The monoisotopic (exact) mass is 547 g/mol. The van der Waals surface area contributed by atoms with Crippen molar-refractivity contribution < 1.29 is 19.1 Å². The SMILES string of the molecule is O=C1CCCOc2ccccc2CCCCC2(CCN(C(=O)c3cccc(OCCN4CCCC4)c3)CC2)CN1. The summed E-state index contributed by atoms with van der Waals surface area (Å²) in [4.78, 5) is 30.5. The number of hydrogen-bond donors (Lipinski definition) is 1. The molecule has 5 rings (SSSR count). The van der Waals surface area contributed by atoms with Crippen LogP contribution < -0.4 is 14.8 Å². The van der Waals surface area contributed by atoms with Gasteiger partial charge < -0.3 is 19.7 Å². The van der Waals surface area contributed by atoms with Crippen molar-refractivity contribution in [2.75, 3.05) is 52.5 Å². The summed E-state index contributed by atoms with van der Waals surface area (Å²) in [7, 11) is 0. The Kier molecular flexibility index (Phi) is 9.98. The molecule has 0 aliphatic carbocycles. The van der Waals surface area contributed by atoms with Crippen LogP contribution in [0.4, 0.5) is 0 Å². The Balaban J connectivity index is 1.16. The molecule has 0 aromatic heterocycles. The van der Waals surface area contributed by atoms with Crippen LogP contribution in [-0.2, 0) is 11.2 Å². The molecule has 2 aromatic rings. The molecule has 1 N–H and O–H groups in total. The number of rotatable bonds is 5. The number of fused-ring (bicyclic) bond motifs is 1. The lowest BCUT2D eigenvalue weighted by Gasteiger charge is -2.42. The van der Waals surface area contributed by atoms with Gasteiger partial charge in [-0.3, -0.25) is 14.5 Å². The highest BCUT2D eigenvalue weighted by Crippen LogP contribution is 2.37. The third-order valence-electron chi connectivity index (χ3n) is 8.91. The van der Waals surface area contributed by atoms with Gasteiger partial charge in [0.2, 0.25) is 5.91 Å². The van der Waals surface area contributed by atoms with Gasteiger partial charge in [0, 0.05) is 38.2 Å². The fraction of sp³-hybridized carbons (Fsp3) is 0.576. The first-order chi connectivity index (χ1) is 19.6. The van der Waals surface area contributed by atoms with E-state index in [4.69, 9.17) is 9.47 Å². The van der Waals surface area contributed by atoms with E-state index in [1.54, 1.807) is 0 Å². The second kappa shape index (κ2) is 14.0. The van der Waals surface area contributed by atoms with E-state index in [9.17, 15) is 9.59 Å². The van der Waals surface area contributed by atoms with Crippen LogP contribution in [0.3, 0.4) is 0 Å². The number of amides is 2. The zero-order valence-electron chi connectivity index (χ0n) is 23.9. The van der Waals surface area contributed by atoms with Gasteiger partial charge in [-0.2, -0.15) is 0 Å². The maximum atomic E-state index is 13.4. The summed E-state index contributed by atoms with van der Waals surface area (Å²) in [6.07, 6.45) is 9.77. The number of likely N-dealkylation sites (tertiary alicyclic amines) is 2. The molecule has 0 radical (unpaired) electrons. The van der Waals surface area contributed by atoms with E-state index in [0.717, 1.165) is 69.7 Å². The quantitative estimate of drug-likeness (QED) is 0.565. The first kappa shape index (κ1) is 28.5. The number of benzene rings is 2. The molecular weight excluding hydrogens is 502 g/mol. The van der Waals surface area contributed by atoms with Crippen molar-refractivity contribution in [1.29, 1.82) is 0 Å². The lowest BCUT2D eigenvalue weighted by Crippen LogP contribution is -2.48. The van der Waals surface area contributed by atoms with E-state index >= 15 is 0 Å². The van der Waals surface area contributed by atoms with Crippen LogP contribution in [0.1, 0.15) is 73.7 Å². The summed E-state index contributed by atoms with van der Waals surface area (Å²) in [6.45, 7) is 6.56. The number of nitrogens with one attached hydrogen (secondary N) is 1. The molecule has 2 aromatic carbocycles. The Morgan fingerprint density at radius 3 is 2.58 bits per heavy atom. The fourth-order valence-electron chi connectivity index (χ4n) is 6.36. The molecule has 0 bridgehead atoms. The molecule has 0 atom stereocenters. The zero-order valence-corrected chi connectivity index (χ0v) is 23.9. The Morgan fingerprint density at radius 2 is 1.73 bits per heavy atom. The highest BCUT2D eigenvalue weighted by molar-refractivity contribution is 5.94. The largest absolute Gasteiger partial charge is 0.493 e.